The van der Waals surface area contributed by atoms with Gasteiger partial charge >= 0.3 is 0 Å². The Labute approximate surface area is 95.5 Å². The second-order valence-electron chi connectivity index (χ2n) is 3.81. The molecule has 3 aromatic rings. The zero-order valence-corrected chi connectivity index (χ0v) is 8.98. The number of aromatic amines is 1. The van der Waals surface area contributed by atoms with Gasteiger partial charge in [0, 0.05) is 35.8 Å². The standard InChI is InChI=1S/C11H9FN4O/c1-16-5-6(3-14-16)10-7-4-13-15-11(7)9(17)2-8(10)12/h2-5,17H,1H3,(H,13,15). The van der Waals surface area contributed by atoms with Crippen LogP contribution in [-0.2, 0) is 7.05 Å². The number of aromatic hydroxyl groups is 1. The van der Waals surface area contributed by atoms with E-state index in [9.17, 15) is 9.50 Å². The molecule has 0 spiro atoms. The zero-order chi connectivity index (χ0) is 12.0. The Morgan fingerprint density at radius 1 is 1.41 bits per heavy atom. The Morgan fingerprint density at radius 2 is 2.24 bits per heavy atom. The average Bonchev–Trinajstić information content (AvgIpc) is 2.87. The summed E-state index contributed by atoms with van der Waals surface area (Å²) in [6, 6.07) is 1.07. The van der Waals surface area contributed by atoms with Gasteiger partial charge in [-0.1, -0.05) is 0 Å². The number of rotatable bonds is 1. The second kappa shape index (κ2) is 3.31. The van der Waals surface area contributed by atoms with Gasteiger partial charge in [-0.25, -0.2) is 4.39 Å². The molecule has 17 heavy (non-hydrogen) atoms. The summed E-state index contributed by atoms with van der Waals surface area (Å²) in [4.78, 5) is 0. The van der Waals surface area contributed by atoms with Gasteiger partial charge in [-0.2, -0.15) is 10.2 Å². The van der Waals surface area contributed by atoms with Crippen molar-refractivity contribution < 1.29 is 9.50 Å². The van der Waals surface area contributed by atoms with E-state index in [0.29, 0.717) is 22.0 Å². The smallest absolute Gasteiger partial charge is 0.144 e. The molecule has 0 unspecified atom stereocenters. The summed E-state index contributed by atoms with van der Waals surface area (Å²) >= 11 is 0. The van der Waals surface area contributed by atoms with Crippen molar-refractivity contribution in [3.63, 3.8) is 0 Å². The van der Waals surface area contributed by atoms with Crippen LogP contribution in [0, 0.1) is 5.82 Å². The number of phenols is 1. The number of nitrogens with zero attached hydrogens (tertiary/aromatic N) is 3. The van der Waals surface area contributed by atoms with Crippen LogP contribution in [0.15, 0.2) is 24.7 Å². The van der Waals surface area contributed by atoms with Crippen molar-refractivity contribution in [1.29, 1.82) is 0 Å². The number of hydrogen-bond acceptors (Lipinski definition) is 3. The fourth-order valence-corrected chi connectivity index (χ4v) is 1.91. The normalized spacial score (nSPS) is 11.2. The van der Waals surface area contributed by atoms with E-state index in [1.54, 1.807) is 24.1 Å². The lowest BCUT2D eigenvalue weighted by molar-refractivity contribution is 0.474. The highest BCUT2D eigenvalue weighted by molar-refractivity contribution is 5.97. The highest BCUT2D eigenvalue weighted by atomic mass is 19.1. The Kier molecular flexibility index (Phi) is 1.91. The molecule has 0 aliphatic heterocycles. The van der Waals surface area contributed by atoms with Crippen molar-refractivity contribution in [3.05, 3.63) is 30.5 Å². The Morgan fingerprint density at radius 3 is 2.94 bits per heavy atom. The molecule has 6 heteroatoms. The molecule has 2 heterocycles. The fourth-order valence-electron chi connectivity index (χ4n) is 1.91. The van der Waals surface area contributed by atoms with Crippen molar-refractivity contribution in [1.82, 2.24) is 20.0 Å². The van der Waals surface area contributed by atoms with Gasteiger partial charge in [-0.05, 0) is 0 Å². The van der Waals surface area contributed by atoms with Crippen LogP contribution in [0.4, 0.5) is 4.39 Å². The maximum absolute atomic E-state index is 13.9. The van der Waals surface area contributed by atoms with Gasteiger partial charge in [0.25, 0.3) is 0 Å². The molecule has 2 aromatic heterocycles. The summed E-state index contributed by atoms with van der Waals surface area (Å²) in [7, 11) is 1.76. The molecule has 0 fully saturated rings. The van der Waals surface area contributed by atoms with E-state index >= 15 is 0 Å². The first-order chi connectivity index (χ1) is 8.16. The minimum Gasteiger partial charge on any atom is -0.506 e. The Hall–Kier alpha value is -2.37. The summed E-state index contributed by atoms with van der Waals surface area (Å²) in [6.07, 6.45) is 4.77. The molecule has 0 bridgehead atoms. The van der Waals surface area contributed by atoms with Gasteiger partial charge in [0.05, 0.1) is 12.4 Å². The van der Waals surface area contributed by atoms with Crippen molar-refractivity contribution in [3.8, 4) is 16.9 Å². The van der Waals surface area contributed by atoms with Crippen LogP contribution in [0.3, 0.4) is 0 Å². The first-order valence-electron chi connectivity index (χ1n) is 5.00. The quantitative estimate of drug-likeness (QED) is 0.672. The summed E-state index contributed by atoms with van der Waals surface area (Å²) in [5, 5.41) is 20.6. The average molecular weight is 232 g/mol. The predicted molar refractivity (Wildman–Crippen MR) is 59.9 cm³/mol. The van der Waals surface area contributed by atoms with Gasteiger partial charge in [-0.15, -0.1) is 0 Å². The van der Waals surface area contributed by atoms with E-state index < -0.39 is 5.82 Å². The number of nitrogens with one attached hydrogen (secondary N) is 1. The van der Waals surface area contributed by atoms with Crippen LogP contribution in [-0.4, -0.2) is 25.1 Å². The van der Waals surface area contributed by atoms with Crippen molar-refractivity contribution >= 4 is 10.9 Å². The third-order valence-corrected chi connectivity index (χ3v) is 2.66. The lowest BCUT2D eigenvalue weighted by Gasteiger charge is -2.03. The van der Waals surface area contributed by atoms with Gasteiger partial charge in [0.2, 0.25) is 0 Å². The molecule has 2 N–H and O–H groups in total. The summed E-state index contributed by atoms with van der Waals surface area (Å²) in [6.45, 7) is 0. The summed E-state index contributed by atoms with van der Waals surface area (Å²) in [5.74, 6) is -0.646. The number of halogens is 1. The highest BCUT2D eigenvalue weighted by Crippen LogP contribution is 2.34. The number of phenolic OH excluding ortho intramolecular Hbond substituents is 1. The third-order valence-electron chi connectivity index (χ3n) is 2.66. The fraction of sp³-hybridized carbons (Fsp3) is 0.0909. The number of H-pyrrole nitrogens is 1. The van der Waals surface area contributed by atoms with Crippen molar-refractivity contribution in [2.45, 2.75) is 0 Å². The number of aromatic nitrogens is 4. The molecule has 0 aliphatic rings. The molecule has 0 amide bonds. The van der Waals surface area contributed by atoms with E-state index in [1.807, 2.05) is 0 Å². The highest BCUT2D eigenvalue weighted by Gasteiger charge is 2.16. The topological polar surface area (TPSA) is 66.7 Å². The monoisotopic (exact) mass is 232 g/mol. The predicted octanol–water partition coefficient (Wildman–Crippen LogP) is 1.81. The van der Waals surface area contributed by atoms with Crippen LogP contribution in [0.1, 0.15) is 0 Å². The number of benzene rings is 1. The minimum atomic E-state index is -0.496. The van der Waals surface area contributed by atoms with Gasteiger partial charge in [0.15, 0.2) is 0 Å². The molecule has 86 valence electrons. The number of hydrogen-bond donors (Lipinski definition) is 2. The lowest BCUT2D eigenvalue weighted by atomic mass is 10.0. The molecule has 1 aromatic carbocycles. The first kappa shape index (κ1) is 9.83. The Bertz CT molecular complexity index is 701. The van der Waals surface area contributed by atoms with E-state index in [4.69, 9.17) is 0 Å². The van der Waals surface area contributed by atoms with Crippen molar-refractivity contribution in [2.24, 2.45) is 7.05 Å². The first-order valence-corrected chi connectivity index (χ1v) is 5.00. The summed E-state index contributed by atoms with van der Waals surface area (Å²) in [5.41, 5.74) is 1.46. The van der Waals surface area contributed by atoms with Crippen LogP contribution in [0.2, 0.25) is 0 Å². The zero-order valence-electron chi connectivity index (χ0n) is 8.98. The third kappa shape index (κ3) is 1.37. The van der Waals surface area contributed by atoms with Gasteiger partial charge < -0.3 is 5.11 Å². The molecular weight excluding hydrogens is 223 g/mol. The molecule has 0 saturated carbocycles. The van der Waals surface area contributed by atoms with Crippen LogP contribution in [0.25, 0.3) is 22.0 Å². The maximum Gasteiger partial charge on any atom is 0.144 e. The molecular formula is C11H9FN4O. The SMILES string of the molecule is Cn1cc(-c2c(F)cc(O)c3[nH]ncc23)cn1. The largest absolute Gasteiger partial charge is 0.506 e. The van der Waals surface area contributed by atoms with E-state index in [-0.39, 0.29) is 5.75 Å². The van der Waals surface area contributed by atoms with E-state index in [2.05, 4.69) is 15.3 Å². The molecule has 3 rings (SSSR count). The lowest BCUT2D eigenvalue weighted by Crippen LogP contribution is -1.86. The molecule has 0 radical (unpaired) electrons. The Balaban J connectivity index is 2.39. The van der Waals surface area contributed by atoms with E-state index in [1.165, 1.54) is 6.20 Å². The molecule has 0 atom stereocenters. The number of fused-ring (bicyclic) bond motifs is 1. The molecule has 0 aliphatic carbocycles. The van der Waals surface area contributed by atoms with Gasteiger partial charge in [0.1, 0.15) is 17.1 Å². The maximum atomic E-state index is 13.9. The molecule has 5 nitrogen and oxygen atoms in total. The van der Waals surface area contributed by atoms with Crippen molar-refractivity contribution in [2.75, 3.05) is 0 Å². The second-order valence-corrected chi connectivity index (χ2v) is 3.81. The summed E-state index contributed by atoms with van der Waals surface area (Å²) < 4.78 is 15.5. The number of aryl methyl sites for hydroxylation is 1. The molecule has 0 saturated heterocycles. The van der Waals surface area contributed by atoms with Gasteiger partial charge in [-0.3, -0.25) is 9.78 Å². The van der Waals surface area contributed by atoms with Crippen LogP contribution in [0.5, 0.6) is 5.75 Å². The van der Waals surface area contributed by atoms with Crippen LogP contribution < -0.4 is 0 Å². The minimum absolute atomic E-state index is 0.150. The van der Waals surface area contributed by atoms with Crippen LogP contribution >= 0.6 is 0 Å². The van der Waals surface area contributed by atoms with E-state index in [0.717, 1.165) is 6.07 Å².